The molecule has 4 atom stereocenters. The van der Waals surface area contributed by atoms with Crippen LogP contribution in [-0.2, 0) is 14.4 Å². The molecule has 29 heavy (non-hydrogen) atoms. The highest BCUT2D eigenvalue weighted by molar-refractivity contribution is 6.24. The fraction of sp³-hybridized carbons (Fsp3) is 0.261. The molecule has 2 amide bonds. The minimum atomic E-state index is -0.717. The van der Waals surface area contributed by atoms with Gasteiger partial charge >= 0.3 is 0 Å². The van der Waals surface area contributed by atoms with Crippen molar-refractivity contribution >= 4 is 29.4 Å². The minimum Gasteiger partial charge on any atom is -0.495 e. The van der Waals surface area contributed by atoms with Crippen LogP contribution in [0.3, 0.4) is 0 Å². The van der Waals surface area contributed by atoms with Gasteiger partial charge in [0.1, 0.15) is 5.75 Å². The van der Waals surface area contributed by atoms with Crippen molar-refractivity contribution in [3.8, 4) is 5.75 Å². The topological polar surface area (TPSA) is 66.9 Å². The van der Waals surface area contributed by atoms with Gasteiger partial charge in [-0.1, -0.05) is 36.4 Å². The highest BCUT2D eigenvalue weighted by Crippen LogP contribution is 2.53. The molecule has 5 rings (SSSR count). The second kappa shape index (κ2) is 6.30. The van der Waals surface area contributed by atoms with Crippen LogP contribution in [0.4, 0.5) is 5.69 Å². The summed E-state index contributed by atoms with van der Waals surface area (Å²) in [7, 11) is 1.51. The van der Waals surface area contributed by atoms with E-state index in [9.17, 15) is 14.4 Å². The van der Waals surface area contributed by atoms with Crippen LogP contribution in [0.25, 0.3) is 6.08 Å². The number of amides is 2. The lowest BCUT2D eigenvalue weighted by atomic mass is 9.84. The first kappa shape index (κ1) is 17.7. The van der Waals surface area contributed by atoms with Gasteiger partial charge in [-0.15, -0.1) is 0 Å². The van der Waals surface area contributed by atoms with Gasteiger partial charge in [0.2, 0.25) is 11.8 Å². The van der Waals surface area contributed by atoms with E-state index >= 15 is 0 Å². The van der Waals surface area contributed by atoms with Crippen molar-refractivity contribution in [2.45, 2.75) is 19.0 Å². The molecule has 3 aliphatic rings. The number of carbonyl (C=O) groups excluding carboxylic acids is 3. The molecule has 2 aromatic carbocycles. The largest absolute Gasteiger partial charge is 0.495 e. The maximum absolute atomic E-state index is 13.6. The van der Waals surface area contributed by atoms with E-state index in [4.69, 9.17) is 4.74 Å². The standard InChI is InChI=1S/C23H20N2O4/c1-13(26)20-18-19(21-15-8-4-3-7-14(15)11-12-24(20)21)23(28)25(22(18)27)16-9-5-6-10-17(16)29-2/h3-12,18-21H,1-2H3. The number of carbonyl (C=O) groups is 3. The third kappa shape index (κ3) is 2.32. The number of imide groups is 1. The molecule has 6 nitrogen and oxygen atoms in total. The van der Waals surface area contributed by atoms with Crippen LogP contribution in [-0.4, -0.2) is 35.6 Å². The number of Topliss-reactive ketones (excluding diaryl/α,β-unsaturated/α-hetero) is 1. The molecular formula is C23H20N2O4. The number of hydrogen-bond donors (Lipinski definition) is 0. The molecule has 0 radical (unpaired) electrons. The lowest BCUT2D eigenvalue weighted by molar-refractivity contribution is -0.129. The second-order valence-electron chi connectivity index (χ2n) is 7.63. The summed E-state index contributed by atoms with van der Waals surface area (Å²) in [6.45, 7) is 1.49. The summed E-state index contributed by atoms with van der Waals surface area (Å²) < 4.78 is 5.38. The average molecular weight is 388 g/mol. The van der Waals surface area contributed by atoms with Crippen molar-refractivity contribution in [3.63, 3.8) is 0 Å². The minimum absolute atomic E-state index is 0.116. The van der Waals surface area contributed by atoms with Gasteiger partial charge in [-0.05, 0) is 36.3 Å². The fourth-order valence-electron chi connectivity index (χ4n) is 5.07. The van der Waals surface area contributed by atoms with E-state index in [2.05, 4.69) is 0 Å². The highest BCUT2D eigenvalue weighted by Gasteiger charge is 2.64. The first-order chi connectivity index (χ1) is 14.0. The molecule has 0 bridgehead atoms. The summed E-state index contributed by atoms with van der Waals surface area (Å²) in [6.07, 6.45) is 3.79. The molecule has 3 aliphatic heterocycles. The predicted octanol–water partition coefficient (Wildman–Crippen LogP) is 2.80. The van der Waals surface area contributed by atoms with Crippen molar-refractivity contribution in [2.75, 3.05) is 12.0 Å². The number of para-hydroxylation sites is 2. The van der Waals surface area contributed by atoms with Crippen LogP contribution in [0.5, 0.6) is 5.75 Å². The highest BCUT2D eigenvalue weighted by atomic mass is 16.5. The van der Waals surface area contributed by atoms with Crippen molar-refractivity contribution in [3.05, 3.63) is 65.9 Å². The molecule has 0 aliphatic carbocycles. The van der Waals surface area contributed by atoms with Crippen molar-refractivity contribution in [1.82, 2.24) is 4.90 Å². The first-order valence-corrected chi connectivity index (χ1v) is 9.60. The second-order valence-corrected chi connectivity index (χ2v) is 7.63. The first-order valence-electron chi connectivity index (χ1n) is 9.60. The molecular weight excluding hydrogens is 368 g/mol. The molecule has 2 fully saturated rings. The van der Waals surface area contributed by atoms with Crippen molar-refractivity contribution in [1.29, 1.82) is 0 Å². The van der Waals surface area contributed by atoms with Crippen LogP contribution in [0.2, 0.25) is 0 Å². The van der Waals surface area contributed by atoms with Gasteiger partial charge in [-0.2, -0.15) is 0 Å². The van der Waals surface area contributed by atoms with E-state index in [0.29, 0.717) is 11.4 Å². The maximum Gasteiger partial charge on any atom is 0.240 e. The molecule has 0 N–H and O–H groups in total. The number of nitrogens with zero attached hydrogens (tertiary/aromatic N) is 2. The molecule has 0 spiro atoms. The number of benzene rings is 2. The van der Waals surface area contributed by atoms with Gasteiger partial charge < -0.3 is 9.64 Å². The Morgan fingerprint density at radius 3 is 2.41 bits per heavy atom. The summed E-state index contributed by atoms with van der Waals surface area (Å²) in [5, 5.41) is 0. The molecule has 0 aromatic heterocycles. The van der Waals surface area contributed by atoms with Crippen LogP contribution in [0, 0.1) is 11.8 Å². The van der Waals surface area contributed by atoms with Crippen molar-refractivity contribution in [2.24, 2.45) is 11.8 Å². The van der Waals surface area contributed by atoms with E-state index in [1.54, 1.807) is 24.3 Å². The quantitative estimate of drug-likeness (QED) is 0.757. The number of anilines is 1. The Hall–Kier alpha value is -3.41. The summed E-state index contributed by atoms with van der Waals surface area (Å²) in [4.78, 5) is 42.8. The molecule has 6 heteroatoms. The van der Waals surface area contributed by atoms with Crippen LogP contribution >= 0.6 is 0 Å². The Kier molecular flexibility index (Phi) is 3.84. The fourth-order valence-corrected chi connectivity index (χ4v) is 5.07. The van der Waals surface area contributed by atoms with Crippen LogP contribution in [0.15, 0.2) is 54.7 Å². The van der Waals surface area contributed by atoms with E-state index in [-0.39, 0.29) is 23.6 Å². The van der Waals surface area contributed by atoms with E-state index in [1.165, 1.54) is 18.9 Å². The number of fused-ring (bicyclic) bond motifs is 5. The number of ether oxygens (including phenoxy) is 1. The smallest absolute Gasteiger partial charge is 0.240 e. The third-order valence-electron chi connectivity index (χ3n) is 6.20. The Morgan fingerprint density at radius 2 is 1.66 bits per heavy atom. The van der Waals surface area contributed by atoms with Crippen LogP contribution in [0.1, 0.15) is 24.1 Å². The molecule has 3 heterocycles. The average Bonchev–Trinajstić information content (AvgIpc) is 3.21. The summed E-state index contributed by atoms with van der Waals surface area (Å²) in [6, 6.07) is 13.8. The van der Waals surface area contributed by atoms with Crippen molar-refractivity contribution < 1.29 is 19.1 Å². The number of methoxy groups -OCH3 is 1. The Balaban J connectivity index is 1.66. The Morgan fingerprint density at radius 1 is 0.966 bits per heavy atom. The third-order valence-corrected chi connectivity index (χ3v) is 6.20. The van der Waals surface area contributed by atoms with E-state index in [1.807, 2.05) is 41.4 Å². The Labute approximate surface area is 168 Å². The zero-order chi connectivity index (χ0) is 20.3. The number of hydrogen-bond acceptors (Lipinski definition) is 5. The summed E-state index contributed by atoms with van der Waals surface area (Å²) >= 11 is 0. The van der Waals surface area contributed by atoms with Gasteiger partial charge in [0.15, 0.2) is 5.78 Å². The molecule has 2 aromatic rings. The van der Waals surface area contributed by atoms with Gasteiger partial charge in [0.05, 0.1) is 36.7 Å². The molecule has 4 unspecified atom stereocenters. The summed E-state index contributed by atoms with van der Waals surface area (Å²) in [5.74, 6) is -1.62. The maximum atomic E-state index is 13.6. The summed E-state index contributed by atoms with van der Waals surface area (Å²) in [5.41, 5.74) is 2.40. The zero-order valence-corrected chi connectivity index (χ0v) is 16.1. The predicted molar refractivity (Wildman–Crippen MR) is 107 cm³/mol. The molecule has 2 saturated heterocycles. The number of rotatable bonds is 3. The molecule has 146 valence electrons. The normalized spacial score (nSPS) is 27.0. The zero-order valence-electron chi connectivity index (χ0n) is 16.1. The lowest BCUT2D eigenvalue weighted by Gasteiger charge is -2.35. The monoisotopic (exact) mass is 388 g/mol. The molecule has 0 saturated carbocycles. The van der Waals surface area contributed by atoms with Crippen LogP contribution < -0.4 is 9.64 Å². The van der Waals surface area contributed by atoms with E-state index < -0.39 is 17.9 Å². The SMILES string of the molecule is COc1ccccc1N1C(=O)C2C(C1=O)C1c3ccccc3C=CN1C2C(C)=O. The van der Waals surface area contributed by atoms with Gasteiger partial charge in [-0.25, -0.2) is 4.90 Å². The van der Waals surface area contributed by atoms with Gasteiger partial charge in [0, 0.05) is 6.20 Å². The number of ketones is 1. The van der Waals surface area contributed by atoms with E-state index in [0.717, 1.165) is 11.1 Å². The van der Waals surface area contributed by atoms with Gasteiger partial charge in [0.25, 0.3) is 0 Å². The Bertz CT molecular complexity index is 1080. The van der Waals surface area contributed by atoms with Gasteiger partial charge in [-0.3, -0.25) is 14.4 Å². The lowest BCUT2D eigenvalue weighted by Crippen LogP contribution is -2.43.